The van der Waals surface area contributed by atoms with E-state index in [4.69, 9.17) is 0 Å². The summed E-state index contributed by atoms with van der Waals surface area (Å²) in [5.74, 6) is 0.139. The van der Waals surface area contributed by atoms with Crippen molar-refractivity contribution in [3.8, 4) is 0 Å². The average molecular weight is 260 g/mol. The molecular formula is C15H13FOS. The Balaban J connectivity index is 1.88. The molecule has 3 heteroatoms. The molecule has 92 valence electrons. The van der Waals surface area contributed by atoms with E-state index in [-0.39, 0.29) is 11.6 Å². The molecule has 2 aromatic carbocycles. The lowest BCUT2D eigenvalue weighted by Gasteiger charge is -2.03. The van der Waals surface area contributed by atoms with Gasteiger partial charge in [0.05, 0.1) is 5.75 Å². The van der Waals surface area contributed by atoms with E-state index in [0.29, 0.717) is 17.1 Å². The zero-order valence-corrected chi connectivity index (χ0v) is 10.6. The van der Waals surface area contributed by atoms with E-state index in [1.165, 1.54) is 17.8 Å². The number of hydrogen-bond donors (Lipinski definition) is 0. The van der Waals surface area contributed by atoms with Gasteiger partial charge in [-0.3, -0.25) is 4.79 Å². The number of carbonyl (C=O) groups is 1. The summed E-state index contributed by atoms with van der Waals surface area (Å²) >= 11 is 1.25. The zero-order valence-electron chi connectivity index (χ0n) is 9.80. The SMILES string of the molecule is O=C(CSc1ccccc1F)Cc1ccccc1. The molecule has 18 heavy (non-hydrogen) atoms. The Morgan fingerprint density at radius 3 is 2.39 bits per heavy atom. The number of ketones is 1. The number of Topliss-reactive ketones (excluding diaryl/α,β-unsaturated/α-hetero) is 1. The minimum Gasteiger partial charge on any atom is -0.298 e. The van der Waals surface area contributed by atoms with Crippen LogP contribution in [0.1, 0.15) is 5.56 Å². The van der Waals surface area contributed by atoms with Gasteiger partial charge in [0.25, 0.3) is 0 Å². The molecule has 2 rings (SSSR count). The molecule has 0 unspecified atom stereocenters. The summed E-state index contributed by atoms with van der Waals surface area (Å²) in [7, 11) is 0. The number of hydrogen-bond acceptors (Lipinski definition) is 2. The highest BCUT2D eigenvalue weighted by Crippen LogP contribution is 2.21. The first kappa shape index (κ1) is 12.8. The van der Waals surface area contributed by atoms with E-state index in [0.717, 1.165) is 5.56 Å². The van der Waals surface area contributed by atoms with Gasteiger partial charge in [0.1, 0.15) is 11.6 Å². The number of rotatable bonds is 5. The van der Waals surface area contributed by atoms with Crippen molar-refractivity contribution in [3.05, 3.63) is 66.0 Å². The summed E-state index contributed by atoms with van der Waals surface area (Å²) in [6.07, 6.45) is 0.405. The maximum Gasteiger partial charge on any atom is 0.147 e. The van der Waals surface area contributed by atoms with Crippen LogP contribution in [-0.4, -0.2) is 11.5 Å². The van der Waals surface area contributed by atoms with Gasteiger partial charge in [-0.1, -0.05) is 42.5 Å². The molecule has 0 saturated heterocycles. The Labute approximate surface area is 110 Å². The fraction of sp³-hybridized carbons (Fsp3) is 0.133. The molecule has 0 aromatic heterocycles. The predicted molar refractivity (Wildman–Crippen MR) is 72.3 cm³/mol. The van der Waals surface area contributed by atoms with Gasteiger partial charge in [0, 0.05) is 11.3 Å². The Bertz CT molecular complexity index is 525. The largest absolute Gasteiger partial charge is 0.298 e. The van der Waals surface area contributed by atoms with Gasteiger partial charge in [-0.15, -0.1) is 11.8 Å². The molecule has 0 bridgehead atoms. The van der Waals surface area contributed by atoms with Crippen LogP contribution in [0.4, 0.5) is 4.39 Å². The highest BCUT2D eigenvalue weighted by molar-refractivity contribution is 8.00. The quantitative estimate of drug-likeness (QED) is 0.762. The van der Waals surface area contributed by atoms with E-state index in [2.05, 4.69) is 0 Å². The van der Waals surface area contributed by atoms with Gasteiger partial charge in [0.2, 0.25) is 0 Å². The second kappa shape index (κ2) is 6.36. The van der Waals surface area contributed by atoms with Crippen LogP contribution in [0.15, 0.2) is 59.5 Å². The molecule has 0 aliphatic carbocycles. The minimum absolute atomic E-state index is 0.106. The zero-order chi connectivity index (χ0) is 12.8. The normalized spacial score (nSPS) is 10.3. The lowest BCUT2D eigenvalue weighted by molar-refractivity contribution is -0.116. The van der Waals surface area contributed by atoms with Crippen LogP contribution >= 0.6 is 11.8 Å². The first-order valence-corrected chi connectivity index (χ1v) is 6.67. The highest BCUT2D eigenvalue weighted by atomic mass is 32.2. The fourth-order valence-corrected chi connectivity index (χ4v) is 2.39. The van der Waals surface area contributed by atoms with Crippen molar-refractivity contribution in [2.75, 3.05) is 5.75 Å². The monoisotopic (exact) mass is 260 g/mol. The maximum absolute atomic E-state index is 13.3. The van der Waals surface area contributed by atoms with E-state index in [1.807, 2.05) is 30.3 Å². The van der Waals surface area contributed by atoms with Gasteiger partial charge in [0.15, 0.2) is 0 Å². The van der Waals surface area contributed by atoms with Crippen molar-refractivity contribution in [1.82, 2.24) is 0 Å². The molecular weight excluding hydrogens is 247 g/mol. The van der Waals surface area contributed by atoms with Crippen LogP contribution in [0.5, 0.6) is 0 Å². The number of benzene rings is 2. The average Bonchev–Trinajstić information content (AvgIpc) is 2.39. The van der Waals surface area contributed by atoms with Crippen molar-refractivity contribution in [1.29, 1.82) is 0 Å². The molecule has 0 aliphatic heterocycles. The molecule has 0 heterocycles. The van der Waals surface area contributed by atoms with Crippen LogP contribution in [0.25, 0.3) is 0 Å². The van der Waals surface area contributed by atoms with E-state index < -0.39 is 0 Å². The molecule has 1 nitrogen and oxygen atoms in total. The number of thioether (sulfide) groups is 1. The van der Waals surface area contributed by atoms with Gasteiger partial charge < -0.3 is 0 Å². The number of carbonyl (C=O) groups excluding carboxylic acids is 1. The van der Waals surface area contributed by atoms with Gasteiger partial charge in [-0.25, -0.2) is 4.39 Å². The standard InChI is InChI=1S/C15H13FOS/c16-14-8-4-5-9-15(14)18-11-13(17)10-12-6-2-1-3-7-12/h1-9H,10-11H2. The van der Waals surface area contributed by atoms with Crippen molar-refractivity contribution in [2.24, 2.45) is 0 Å². The van der Waals surface area contributed by atoms with Crippen molar-refractivity contribution >= 4 is 17.5 Å². The van der Waals surface area contributed by atoms with E-state index in [1.54, 1.807) is 18.2 Å². The van der Waals surface area contributed by atoms with Crippen molar-refractivity contribution < 1.29 is 9.18 Å². The van der Waals surface area contributed by atoms with Crippen LogP contribution in [0.3, 0.4) is 0 Å². The maximum atomic E-state index is 13.3. The molecule has 0 saturated carbocycles. The molecule has 0 aliphatic rings. The van der Waals surface area contributed by atoms with Gasteiger partial charge in [-0.05, 0) is 17.7 Å². The summed E-state index contributed by atoms with van der Waals surface area (Å²) in [6, 6.07) is 16.1. The molecule has 0 atom stereocenters. The third kappa shape index (κ3) is 3.70. The summed E-state index contributed by atoms with van der Waals surface area (Å²) in [4.78, 5) is 12.3. The summed E-state index contributed by atoms with van der Waals surface area (Å²) in [5.41, 5.74) is 0.997. The van der Waals surface area contributed by atoms with E-state index >= 15 is 0 Å². The lowest BCUT2D eigenvalue weighted by atomic mass is 10.1. The topological polar surface area (TPSA) is 17.1 Å². The van der Waals surface area contributed by atoms with E-state index in [9.17, 15) is 9.18 Å². The minimum atomic E-state index is -0.269. The molecule has 0 amide bonds. The molecule has 0 radical (unpaired) electrons. The number of halogens is 1. The Morgan fingerprint density at radius 2 is 1.67 bits per heavy atom. The third-order valence-corrected chi connectivity index (χ3v) is 3.58. The molecule has 2 aromatic rings. The Kier molecular flexibility index (Phi) is 4.53. The van der Waals surface area contributed by atoms with Crippen molar-refractivity contribution in [2.45, 2.75) is 11.3 Å². The van der Waals surface area contributed by atoms with Crippen LogP contribution in [-0.2, 0) is 11.2 Å². The molecule has 0 fully saturated rings. The van der Waals surface area contributed by atoms with Crippen LogP contribution in [0.2, 0.25) is 0 Å². The van der Waals surface area contributed by atoms with Gasteiger partial charge in [-0.2, -0.15) is 0 Å². The smallest absolute Gasteiger partial charge is 0.147 e. The first-order valence-electron chi connectivity index (χ1n) is 5.68. The highest BCUT2D eigenvalue weighted by Gasteiger charge is 2.07. The summed E-state index contributed by atoms with van der Waals surface area (Å²) in [5, 5.41) is 0. The fourth-order valence-electron chi connectivity index (χ4n) is 1.59. The summed E-state index contributed by atoms with van der Waals surface area (Å²) < 4.78 is 13.3. The van der Waals surface area contributed by atoms with Gasteiger partial charge >= 0.3 is 0 Å². The second-order valence-corrected chi connectivity index (χ2v) is 4.94. The lowest BCUT2D eigenvalue weighted by Crippen LogP contribution is -2.05. The van der Waals surface area contributed by atoms with Crippen LogP contribution < -0.4 is 0 Å². The van der Waals surface area contributed by atoms with Crippen molar-refractivity contribution in [3.63, 3.8) is 0 Å². The predicted octanol–water partition coefficient (Wildman–Crippen LogP) is 3.73. The first-order chi connectivity index (χ1) is 8.75. The van der Waals surface area contributed by atoms with Crippen LogP contribution in [0, 0.1) is 5.82 Å². The summed E-state index contributed by atoms with van der Waals surface area (Å²) in [6.45, 7) is 0. The Hall–Kier alpha value is -1.61. The molecule has 0 spiro atoms. The second-order valence-electron chi connectivity index (χ2n) is 3.92. The molecule has 0 N–H and O–H groups in total. The third-order valence-electron chi connectivity index (χ3n) is 2.47. The Morgan fingerprint density at radius 1 is 1.00 bits per heavy atom.